The van der Waals surface area contributed by atoms with Crippen molar-refractivity contribution < 1.29 is 14.6 Å². The van der Waals surface area contributed by atoms with Gasteiger partial charge in [0.15, 0.2) is 0 Å². The summed E-state index contributed by atoms with van der Waals surface area (Å²) in [5, 5.41) is 9.10. The monoisotopic (exact) mass is 222 g/mol. The third-order valence-electron chi connectivity index (χ3n) is 2.78. The number of aliphatic hydroxyl groups excluding tert-OH is 1. The summed E-state index contributed by atoms with van der Waals surface area (Å²) < 4.78 is 10.9. The van der Waals surface area contributed by atoms with Crippen molar-refractivity contribution in [3.05, 3.63) is 29.3 Å². The van der Waals surface area contributed by atoms with E-state index in [0.29, 0.717) is 6.61 Å². The molecule has 1 saturated heterocycles. The first kappa shape index (κ1) is 11.4. The van der Waals surface area contributed by atoms with Gasteiger partial charge in [-0.25, -0.2) is 0 Å². The second kappa shape index (κ2) is 4.44. The lowest BCUT2D eigenvalue weighted by atomic mass is 9.90. The van der Waals surface area contributed by atoms with Gasteiger partial charge in [-0.15, -0.1) is 0 Å². The van der Waals surface area contributed by atoms with Gasteiger partial charge in [0.05, 0.1) is 26.4 Å². The molecular formula is C13H18O3. The lowest BCUT2D eigenvalue weighted by molar-refractivity contribution is -0.120. The third kappa shape index (κ3) is 2.54. The van der Waals surface area contributed by atoms with E-state index in [4.69, 9.17) is 14.6 Å². The summed E-state index contributed by atoms with van der Waals surface area (Å²) in [6.45, 7) is 6.41. The molecule has 0 saturated carbocycles. The fraction of sp³-hybridized carbons (Fsp3) is 0.538. The van der Waals surface area contributed by atoms with E-state index >= 15 is 0 Å². The Kier molecular flexibility index (Phi) is 3.17. The Morgan fingerprint density at radius 3 is 2.69 bits per heavy atom. The molecule has 0 spiro atoms. The van der Waals surface area contributed by atoms with Crippen molar-refractivity contribution >= 4 is 0 Å². The molecule has 0 unspecified atom stereocenters. The van der Waals surface area contributed by atoms with Gasteiger partial charge >= 0.3 is 0 Å². The van der Waals surface area contributed by atoms with E-state index in [1.165, 1.54) is 0 Å². The normalized spacial score (nSPS) is 17.9. The number of hydrogen-bond acceptors (Lipinski definition) is 3. The standard InChI is InChI=1S/C13H18O3/c1-10-3-11(6-14)5-12(4-10)16-9-13(2)7-15-8-13/h3-5,14H,6-9H2,1-2H3. The van der Waals surface area contributed by atoms with Crippen molar-refractivity contribution in [2.45, 2.75) is 20.5 Å². The van der Waals surface area contributed by atoms with Crippen LogP contribution in [0, 0.1) is 12.3 Å². The Bertz CT molecular complexity index is 369. The van der Waals surface area contributed by atoms with Crippen molar-refractivity contribution in [1.29, 1.82) is 0 Å². The van der Waals surface area contributed by atoms with E-state index in [1.54, 1.807) is 0 Å². The van der Waals surface area contributed by atoms with Crippen LogP contribution in [0.25, 0.3) is 0 Å². The Morgan fingerprint density at radius 1 is 1.38 bits per heavy atom. The second-order valence-electron chi connectivity index (χ2n) is 4.90. The molecule has 0 bridgehead atoms. The average molecular weight is 222 g/mol. The molecule has 1 N–H and O–H groups in total. The van der Waals surface area contributed by atoms with Crippen LogP contribution in [0.4, 0.5) is 0 Å². The van der Waals surface area contributed by atoms with Crippen LogP contribution < -0.4 is 4.74 Å². The summed E-state index contributed by atoms with van der Waals surface area (Å²) in [6, 6.07) is 5.83. The van der Waals surface area contributed by atoms with Gasteiger partial charge in [0.1, 0.15) is 5.75 Å². The quantitative estimate of drug-likeness (QED) is 0.845. The Balaban J connectivity index is 2.00. The van der Waals surface area contributed by atoms with Crippen molar-refractivity contribution in [3.63, 3.8) is 0 Å². The molecule has 1 aromatic carbocycles. The van der Waals surface area contributed by atoms with Gasteiger partial charge in [-0.3, -0.25) is 0 Å². The number of rotatable bonds is 4. The minimum atomic E-state index is 0.0540. The lowest BCUT2D eigenvalue weighted by Gasteiger charge is -2.37. The summed E-state index contributed by atoms with van der Waals surface area (Å²) >= 11 is 0. The van der Waals surface area contributed by atoms with Gasteiger partial charge in [-0.2, -0.15) is 0 Å². The first-order valence-electron chi connectivity index (χ1n) is 5.53. The Hall–Kier alpha value is -1.06. The zero-order chi connectivity index (χ0) is 11.6. The van der Waals surface area contributed by atoms with E-state index in [9.17, 15) is 0 Å². The van der Waals surface area contributed by atoms with Gasteiger partial charge in [-0.05, 0) is 30.2 Å². The lowest BCUT2D eigenvalue weighted by Crippen LogP contribution is -2.44. The summed E-state index contributed by atoms with van der Waals surface area (Å²) in [5.41, 5.74) is 2.16. The minimum Gasteiger partial charge on any atom is -0.493 e. The van der Waals surface area contributed by atoms with E-state index in [2.05, 4.69) is 6.92 Å². The molecule has 0 aromatic heterocycles. The smallest absolute Gasteiger partial charge is 0.119 e. The molecule has 3 heteroatoms. The molecule has 0 aliphatic carbocycles. The number of aliphatic hydroxyl groups is 1. The van der Waals surface area contributed by atoms with Crippen LogP contribution in [0.15, 0.2) is 18.2 Å². The first-order valence-corrected chi connectivity index (χ1v) is 5.53. The Labute approximate surface area is 96.0 Å². The van der Waals surface area contributed by atoms with Crippen LogP contribution in [0.1, 0.15) is 18.1 Å². The number of aryl methyl sites for hydroxylation is 1. The average Bonchev–Trinajstić information content (AvgIpc) is 2.23. The topological polar surface area (TPSA) is 38.7 Å². The molecule has 1 aliphatic heterocycles. The maximum atomic E-state index is 9.10. The van der Waals surface area contributed by atoms with Crippen LogP contribution >= 0.6 is 0 Å². The fourth-order valence-electron chi connectivity index (χ4n) is 1.79. The van der Waals surface area contributed by atoms with Crippen molar-refractivity contribution in [2.24, 2.45) is 5.41 Å². The Morgan fingerprint density at radius 2 is 2.12 bits per heavy atom. The zero-order valence-electron chi connectivity index (χ0n) is 9.82. The second-order valence-corrected chi connectivity index (χ2v) is 4.90. The van der Waals surface area contributed by atoms with E-state index in [-0.39, 0.29) is 12.0 Å². The van der Waals surface area contributed by atoms with Crippen molar-refractivity contribution in [2.75, 3.05) is 19.8 Å². The highest BCUT2D eigenvalue weighted by atomic mass is 16.5. The van der Waals surface area contributed by atoms with E-state index < -0.39 is 0 Å². The van der Waals surface area contributed by atoms with E-state index in [1.807, 2.05) is 25.1 Å². The molecule has 88 valence electrons. The summed E-state index contributed by atoms with van der Waals surface area (Å²) in [6.07, 6.45) is 0. The first-order chi connectivity index (χ1) is 7.61. The number of ether oxygens (including phenoxy) is 2. The van der Waals surface area contributed by atoms with Crippen molar-refractivity contribution in [1.82, 2.24) is 0 Å². The van der Waals surface area contributed by atoms with Crippen LogP contribution in [0.5, 0.6) is 5.75 Å². The van der Waals surface area contributed by atoms with Crippen LogP contribution in [-0.2, 0) is 11.3 Å². The molecular weight excluding hydrogens is 204 g/mol. The summed E-state index contributed by atoms with van der Waals surface area (Å²) in [4.78, 5) is 0. The molecule has 1 fully saturated rings. The molecule has 1 heterocycles. The highest BCUT2D eigenvalue weighted by Crippen LogP contribution is 2.28. The highest BCUT2D eigenvalue weighted by molar-refractivity contribution is 5.33. The fourth-order valence-corrected chi connectivity index (χ4v) is 1.79. The molecule has 2 rings (SSSR count). The molecule has 1 aromatic rings. The summed E-state index contributed by atoms with van der Waals surface area (Å²) in [5.74, 6) is 0.831. The summed E-state index contributed by atoms with van der Waals surface area (Å²) in [7, 11) is 0. The predicted octanol–water partition coefficient (Wildman–Crippen LogP) is 1.90. The third-order valence-corrected chi connectivity index (χ3v) is 2.78. The van der Waals surface area contributed by atoms with Gasteiger partial charge in [0, 0.05) is 5.41 Å². The largest absolute Gasteiger partial charge is 0.493 e. The molecule has 0 amide bonds. The molecule has 16 heavy (non-hydrogen) atoms. The molecule has 1 aliphatic rings. The molecule has 0 radical (unpaired) electrons. The van der Waals surface area contributed by atoms with Crippen LogP contribution in [0.2, 0.25) is 0 Å². The predicted molar refractivity (Wildman–Crippen MR) is 61.5 cm³/mol. The maximum Gasteiger partial charge on any atom is 0.119 e. The van der Waals surface area contributed by atoms with E-state index in [0.717, 1.165) is 30.1 Å². The zero-order valence-corrected chi connectivity index (χ0v) is 9.82. The molecule has 3 nitrogen and oxygen atoms in total. The van der Waals surface area contributed by atoms with Crippen LogP contribution in [0.3, 0.4) is 0 Å². The number of benzene rings is 1. The maximum absolute atomic E-state index is 9.10. The highest BCUT2D eigenvalue weighted by Gasteiger charge is 2.34. The molecule has 0 atom stereocenters. The van der Waals surface area contributed by atoms with Crippen molar-refractivity contribution in [3.8, 4) is 5.75 Å². The number of hydrogen-bond donors (Lipinski definition) is 1. The minimum absolute atomic E-state index is 0.0540. The van der Waals surface area contributed by atoms with Gasteiger partial charge in [0.2, 0.25) is 0 Å². The van der Waals surface area contributed by atoms with Crippen LogP contribution in [-0.4, -0.2) is 24.9 Å². The van der Waals surface area contributed by atoms with Gasteiger partial charge < -0.3 is 14.6 Å². The van der Waals surface area contributed by atoms with Gasteiger partial charge in [-0.1, -0.05) is 13.0 Å². The van der Waals surface area contributed by atoms with Gasteiger partial charge in [0.25, 0.3) is 0 Å². The SMILES string of the molecule is Cc1cc(CO)cc(OCC2(C)COC2)c1.